The number of hydrogen-bond donors (Lipinski definition) is 0. The van der Waals surface area contributed by atoms with E-state index in [0.717, 1.165) is 11.1 Å². The van der Waals surface area contributed by atoms with Gasteiger partial charge in [-0.15, -0.1) is 0 Å². The SMILES string of the molecule is N#Cc1ccc(/C=C2\SC(=S)N(Cc3ccc4c(c3)OCO4)C2=O)cc1. The summed E-state index contributed by atoms with van der Waals surface area (Å²) < 4.78 is 11.2. The van der Waals surface area contributed by atoms with Gasteiger partial charge in [0.05, 0.1) is 23.1 Å². The number of nitrogens with zero attached hydrogens (tertiary/aromatic N) is 2. The van der Waals surface area contributed by atoms with Gasteiger partial charge in [0.1, 0.15) is 4.32 Å². The van der Waals surface area contributed by atoms with Gasteiger partial charge < -0.3 is 9.47 Å². The van der Waals surface area contributed by atoms with Crippen molar-refractivity contribution in [2.75, 3.05) is 6.79 Å². The van der Waals surface area contributed by atoms with Crippen molar-refractivity contribution in [2.45, 2.75) is 6.54 Å². The van der Waals surface area contributed by atoms with Gasteiger partial charge in [-0.2, -0.15) is 5.26 Å². The summed E-state index contributed by atoms with van der Waals surface area (Å²) in [5.74, 6) is 1.27. The van der Waals surface area contributed by atoms with Gasteiger partial charge >= 0.3 is 0 Å². The van der Waals surface area contributed by atoms with E-state index in [2.05, 4.69) is 6.07 Å². The minimum atomic E-state index is -0.123. The van der Waals surface area contributed by atoms with Crippen LogP contribution in [0.25, 0.3) is 6.08 Å². The molecule has 0 atom stereocenters. The molecule has 7 heteroatoms. The summed E-state index contributed by atoms with van der Waals surface area (Å²) in [7, 11) is 0. The van der Waals surface area contributed by atoms with Gasteiger partial charge in [-0.05, 0) is 41.5 Å². The summed E-state index contributed by atoms with van der Waals surface area (Å²) in [6.07, 6.45) is 1.79. The number of carbonyl (C=O) groups excluding carboxylic acids is 1. The molecular formula is C19H12N2O3S2. The number of amides is 1. The molecule has 0 spiro atoms. The Morgan fingerprint density at radius 1 is 1.19 bits per heavy atom. The third-order valence-corrected chi connectivity index (χ3v) is 5.37. The van der Waals surface area contributed by atoms with E-state index >= 15 is 0 Å². The molecule has 2 aliphatic rings. The molecular weight excluding hydrogens is 368 g/mol. The molecule has 26 heavy (non-hydrogen) atoms. The second-order valence-corrected chi connectivity index (χ2v) is 7.37. The van der Waals surface area contributed by atoms with Crippen molar-refractivity contribution in [1.29, 1.82) is 5.26 Å². The Hall–Kier alpha value is -2.82. The second-order valence-electron chi connectivity index (χ2n) is 5.69. The Morgan fingerprint density at radius 2 is 1.96 bits per heavy atom. The summed E-state index contributed by atoms with van der Waals surface area (Å²) in [6.45, 7) is 0.596. The fourth-order valence-electron chi connectivity index (χ4n) is 2.66. The van der Waals surface area contributed by atoms with Crippen LogP contribution in [-0.4, -0.2) is 21.9 Å². The highest BCUT2D eigenvalue weighted by Crippen LogP contribution is 2.36. The molecule has 0 N–H and O–H groups in total. The molecule has 4 rings (SSSR count). The Bertz CT molecular complexity index is 977. The van der Waals surface area contributed by atoms with E-state index in [1.54, 1.807) is 23.1 Å². The highest BCUT2D eigenvalue weighted by Gasteiger charge is 2.32. The van der Waals surface area contributed by atoms with E-state index < -0.39 is 0 Å². The van der Waals surface area contributed by atoms with Gasteiger partial charge in [0.15, 0.2) is 11.5 Å². The van der Waals surface area contributed by atoms with Gasteiger partial charge in [-0.3, -0.25) is 9.69 Å². The van der Waals surface area contributed by atoms with E-state index in [4.69, 9.17) is 27.0 Å². The maximum absolute atomic E-state index is 12.7. The van der Waals surface area contributed by atoms with Crippen LogP contribution in [0.15, 0.2) is 47.4 Å². The van der Waals surface area contributed by atoms with Gasteiger partial charge in [-0.1, -0.05) is 42.2 Å². The van der Waals surface area contributed by atoms with Crippen LogP contribution in [0.2, 0.25) is 0 Å². The zero-order valence-corrected chi connectivity index (χ0v) is 15.1. The van der Waals surface area contributed by atoms with Gasteiger partial charge in [0, 0.05) is 0 Å². The van der Waals surface area contributed by atoms with Crippen molar-refractivity contribution < 1.29 is 14.3 Å². The standard InChI is InChI=1S/C19H12N2O3S2/c20-9-13-3-1-12(2-4-13)8-17-18(22)21(19(25)26-17)10-14-5-6-15-16(7-14)24-11-23-15/h1-8H,10-11H2/b17-8-. The molecule has 2 aromatic carbocycles. The number of nitriles is 1. The molecule has 128 valence electrons. The Labute approximate surface area is 159 Å². The second kappa shape index (κ2) is 6.83. The smallest absolute Gasteiger partial charge is 0.266 e. The average Bonchev–Trinajstić information content (AvgIpc) is 3.22. The molecule has 5 nitrogen and oxygen atoms in total. The highest BCUT2D eigenvalue weighted by atomic mass is 32.2. The number of hydrogen-bond acceptors (Lipinski definition) is 6. The maximum Gasteiger partial charge on any atom is 0.266 e. The Morgan fingerprint density at radius 3 is 2.73 bits per heavy atom. The predicted octanol–water partition coefficient (Wildman–Crippen LogP) is 3.69. The molecule has 0 radical (unpaired) electrons. The number of benzene rings is 2. The minimum absolute atomic E-state index is 0.123. The van der Waals surface area contributed by atoms with Crippen LogP contribution in [0.5, 0.6) is 11.5 Å². The van der Waals surface area contributed by atoms with E-state index in [0.29, 0.717) is 32.8 Å². The fourth-order valence-corrected chi connectivity index (χ4v) is 3.92. The molecule has 1 amide bonds. The fraction of sp³-hybridized carbons (Fsp3) is 0.105. The van der Waals surface area contributed by atoms with Crippen LogP contribution in [0, 0.1) is 11.3 Å². The first-order chi connectivity index (χ1) is 12.6. The van der Waals surface area contributed by atoms with Crippen LogP contribution in [0.3, 0.4) is 0 Å². The molecule has 0 bridgehead atoms. The molecule has 2 aromatic rings. The van der Waals surface area contributed by atoms with Crippen LogP contribution in [-0.2, 0) is 11.3 Å². The topological polar surface area (TPSA) is 62.6 Å². The third-order valence-electron chi connectivity index (χ3n) is 3.99. The van der Waals surface area contributed by atoms with Crippen molar-refractivity contribution >= 4 is 40.3 Å². The van der Waals surface area contributed by atoms with Gasteiger partial charge in [0.2, 0.25) is 6.79 Å². The van der Waals surface area contributed by atoms with Gasteiger partial charge in [-0.25, -0.2) is 0 Å². The molecule has 0 aromatic heterocycles. The lowest BCUT2D eigenvalue weighted by Gasteiger charge is -2.14. The van der Waals surface area contributed by atoms with Crippen molar-refractivity contribution in [3.05, 3.63) is 64.1 Å². The monoisotopic (exact) mass is 380 g/mol. The predicted molar refractivity (Wildman–Crippen MR) is 102 cm³/mol. The molecule has 2 aliphatic heterocycles. The zero-order valence-electron chi connectivity index (χ0n) is 13.5. The summed E-state index contributed by atoms with van der Waals surface area (Å²) in [4.78, 5) is 14.9. The van der Waals surface area contributed by atoms with Crippen molar-refractivity contribution in [2.24, 2.45) is 0 Å². The normalized spacial score (nSPS) is 17.0. The van der Waals surface area contributed by atoms with Crippen molar-refractivity contribution in [1.82, 2.24) is 4.90 Å². The number of thiocarbonyl (C=S) groups is 1. The van der Waals surface area contributed by atoms with E-state index in [1.807, 2.05) is 30.3 Å². The molecule has 0 saturated carbocycles. The van der Waals surface area contributed by atoms with Crippen molar-refractivity contribution in [3.8, 4) is 17.6 Å². The average molecular weight is 380 g/mol. The number of rotatable bonds is 3. The lowest BCUT2D eigenvalue weighted by Crippen LogP contribution is -2.27. The van der Waals surface area contributed by atoms with Crippen LogP contribution < -0.4 is 9.47 Å². The number of carbonyl (C=O) groups is 1. The lowest BCUT2D eigenvalue weighted by atomic mass is 10.1. The summed E-state index contributed by atoms with van der Waals surface area (Å²) in [5.41, 5.74) is 2.36. The Kier molecular flexibility index (Phi) is 4.37. The first-order valence-corrected chi connectivity index (χ1v) is 9.00. The molecule has 0 aliphatic carbocycles. The molecule has 0 unspecified atom stereocenters. The van der Waals surface area contributed by atoms with Crippen molar-refractivity contribution in [3.63, 3.8) is 0 Å². The molecule has 2 heterocycles. The van der Waals surface area contributed by atoms with Crippen LogP contribution >= 0.6 is 24.0 Å². The minimum Gasteiger partial charge on any atom is -0.454 e. The third kappa shape index (κ3) is 3.17. The first-order valence-electron chi connectivity index (χ1n) is 7.78. The summed E-state index contributed by atoms with van der Waals surface area (Å²) >= 11 is 6.66. The summed E-state index contributed by atoms with van der Waals surface area (Å²) in [6, 6.07) is 14.7. The Balaban J connectivity index is 1.53. The molecule has 1 saturated heterocycles. The number of thioether (sulfide) groups is 1. The largest absolute Gasteiger partial charge is 0.454 e. The number of ether oxygens (including phenoxy) is 2. The quantitative estimate of drug-likeness (QED) is 0.598. The van der Waals surface area contributed by atoms with E-state index in [1.165, 1.54) is 11.8 Å². The van der Waals surface area contributed by atoms with Crippen LogP contribution in [0.4, 0.5) is 0 Å². The van der Waals surface area contributed by atoms with Gasteiger partial charge in [0.25, 0.3) is 5.91 Å². The van der Waals surface area contributed by atoms with Crippen LogP contribution in [0.1, 0.15) is 16.7 Å². The van der Waals surface area contributed by atoms with E-state index in [-0.39, 0.29) is 12.7 Å². The number of fused-ring (bicyclic) bond motifs is 1. The highest BCUT2D eigenvalue weighted by molar-refractivity contribution is 8.26. The zero-order chi connectivity index (χ0) is 18.1. The summed E-state index contributed by atoms with van der Waals surface area (Å²) in [5, 5.41) is 8.86. The molecule has 1 fully saturated rings. The van der Waals surface area contributed by atoms with E-state index in [9.17, 15) is 4.79 Å². The lowest BCUT2D eigenvalue weighted by molar-refractivity contribution is -0.122. The first kappa shape index (κ1) is 16.6. The maximum atomic E-state index is 12.7.